The van der Waals surface area contributed by atoms with Crippen LogP contribution in [0.4, 0.5) is 14.9 Å². The Morgan fingerprint density at radius 3 is 2.41 bits per heavy atom. The quantitative estimate of drug-likeness (QED) is 0.555. The van der Waals surface area contributed by atoms with Crippen LogP contribution in [0.2, 0.25) is 5.02 Å². The zero-order chi connectivity index (χ0) is 20.7. The van der Waals surface area contributed by atoms with E-state index in [0.29, 0.717) is 0 Å². The lowest BCUT2D eigenvalue weighted by Crippen LogP contribution is -2.29. The third-order valence-corrected chi connectivity index (χ3v) is 3.63. The Morgan fingerprint density at radius 2 is 1.85 bits per heavy atom. The number of ether oxygens (including phenoxy) is 2. The van der Waals surface area contributed by atoms with Crippen molar-refractivity contribution >= 4 is 35.3 Å². The fraction of sp³-hybridized carbons (Fsp3) is 0.389. The molecule has 27 heavy (non-hydrogen) atoms. The van der Waals surface area contributed by atoms with E-state index < -0.39 is 29.9 Å². The van der Waals surface area contributed by atoms with E-state index in [9.17, 15) is 18.8 Å². The maximum atomic E-state index is 14.1. The summed E-state index contributed by atoms with van der Waals surface area (Å²) in [4.78, 5) is 35.7. The number of allylic oxidation sites excluding steroid dienone is 1. The molecule has 0 bridgehead atoms. The molecule has 2 N–H and O–H groups in total. The number of amides is 2. The van der Waals surface area contributed by atoms with Crippen molar-refractivity contribution in [2.75, 3.05) is 11.9 Å². The monoisotopic (exact) mass is 400 g/mol. The second-order valence-electron chi connectivity index (χ2n) is 5.82. The molecule has 0 saturated carbocycles. The van der Waals surface area contributed by atoms with Crippen LogP contribution in [0.5, 0.6) is 0 Å². The van der Waals surface area contributed by atoms with E-state index in [0.717, 1.165) is 12.1 Å². The molecule has 0 aliphatic rings. The number of carbonyl (C=O) groups excluding carboxylic acids is 3. The maximum absolute atomic E-state index is 14.1. The molecule has 0 saturated heterocycles. The van der Waals surface area contributed by atoms with Crippen LogP contribution in [-0.2, 0) is 14.3 Å². The summed E-state index contributed by atoms with van der Waals surface area (Å²) in [5.74, 6) is -2.15. The number of nitrogens with one attached hydrogen (secondary N) is 2. The van der Waals surface area contributed by atoms with E-state index in [4.69, 9.17) is 21.1 Å². The topological polar surface area (TPSA) is 93.7 Å². The van der Waals surface area contributed by atoms with Crippen molar-refractivity contribution in [1.29, 1.82) is 0 Å². The molecular formula is C18H22ClFN2O5. The summed E-state index contributed by atoms with van der Waals surface area (Å²) in [5, 5.41) is 4.53. The van der Waals surface area contributed by atoms with Gasteiger partial charge in [0.1, 0.15) is 5.82 Å². The standard InChI is InChI=1S/C18H22ClFN2O5/c1-6-26-16(23)10(4)11(5)21-18(25)22-15-7-12(13(19)8-14(15)20)17(24)27-9(2)3/h7-9H,6H2,1-5H3,(H2,21,22,25)/b11-10+. The summed E-state index contributed by atoms with van der Waals surface area (Å²) < 4.78 is 23.9. The number of halogens is 2. The predicted molar refractivity (Wildman–Crippen MR) is 99.1 cm³/mol. The lowest BCUT2D eigenvalue weighted by Gasteiger charge is -2.13. The molecule has 1 aromatic rings. The van der Waals surface area contributed by atoms with Crippen LogP contribution < -0.4 is 10.6 Å². The Kier molecular flexibility index (Phi) is 8.24. The Bertz CT molecular complexity index is 777. The second-order valence-corrected chi connectivity index (χ2v) is 6.22. The molecule has 0 atom stereocenters. The van der Waals surface area contributed by atoms with Gasteiger partial charge in [0.05, 0.1) is 34.6 Å². The molecule has 7 nitrogen and oxygen atoms in total. The van der Waals surface area contributed by atoms with Gasteiger partial charge >= 0.3 is 18.0 Å². The minimum absolute atomic E-state index is 0.0861. The molecule has 2 amide bonds. The SMILES string of the molecule is CCOC(=O)/C(C)=C(\C)NC(=O)Nc1cc(C(=O)OC(C)C)c(Cl)cc1F. The molecule has 148 valence electrons. The number of esters is 2. The molecule has 1 rings (SSSR count). The lowest BCUT2D eigenvalue weighted by molar-refractivity contribution is -0.138. The normalized spacial score (nSPS) is 11.6. The lowest BCUT2D eigenvalue weighted by atomic mass is 10.2. The molecule has 0 radical (unpaired) electrons. The highest BCUT2D eigenvalue weighted by Crippen LogP contribution is 2.25. The average molecular weight is 401 g/mol. The van der Waals surface area contributed by atoms with Crippen LogP contribution in [0.1, 0.15) is 45.0 Å². The molecule has 0 aliphatic carbocycles. The van der Waals surface area contributed by atoms with Crippen molar-refractivity contribution in [2.45, 2.75) is 40.7 Å². The van der Waals surface area contributed by atoms with Crippen molar-refractivity contribution in [1.82, 2.24) is 5.32 Å². The smallest absolute Gasteiger partial charge is 0.339 e. The minimum Gasteiger partial charge on any atom is -0.463 e. The van der Waals surface area contributed by atoms with Gasteiger partial charge in [-0.05, 0) is 46.8 Å². The molecule has 0 heterocycles. The summed E-state index contributed by atoms with van der Waals surface area (Å²) in [6, 6.07) is 1.18. The number of hydrogen-bond acceptors (Lipinski definition) is 5. The second kappa shape index (κ2) is 9.91. The fourth-order valence-corrected chi connectivity index (χ4v) is 2.12. The first-order valence-corrected chi connectivity index (χ1v) is 8.57. The zero-order valence-electron chi connectivity index (χ0n) is 15.7. The third kappa shape index (κ3) is 6.56. The number of anilines is 1. The highest BCUT2D eigenvalue weighted by molar-refractivity contribution is 6.33. The summed E-state index contributed by atoms with van der Waals surface area (Å²) in [6.07, 6.45) is -0.392. The van der Waals surface area contributed by atoms with Crippen molar-refractivity contribution in [3.05, 3.63) is 39.8 Å². The Balaban J connectivity index is 2.98. The molecule has 9 heteroatoms. The number of carbonyl (C=O) groups is 3. The van der Waals surface area contributed by atoms with E-state index in [-0.39, 0.29) is 34.2 Å². The number of hydrogen-bond donors (Lipinski definition) is 2. The molecule has 0 aliphatic heterocycles. The van der Waals surface area contributed by atoms with E-state index >= 15 is 0 Å². The van der Waals surface area contributed by atoms with Crippen molar-refractivity contribution in [2.24, 2.45) is 0 Å². The first-order valence-electron chi connectivity index (χ1n) is 8.19. The van der Waals surface area contributed by atoms with Crippen LogP contribution in [0.3, 0.4) is 0 Å². The van der Waals surface area contributed by atoms with Gasteiger partial charge in [-0.1, -0.05) is 11.6 Å². The van der Waals surface area contributed by atoms with E-state index in [1.54, 1.807) is 20.8 Å². The Labute approximate surface area is 161 Å². The summed E-state index contributed by atoms with van der Waals surface area (Å²) in [5.41, 5.74) is 0.0794. The van der Waals surface area contributed by atoms with Gasteiger partial charge in [0, 0.05) is 5.70 Å². The molecule has 0 aromatic heterocycles. The first kappa shape index (κ1) is 22.4. The molecule has 1 aromatic carbocycles. The Morgan fingerprint density at radius 1 is 1.22 bits per heavy atom. The van der Waals surface area contributed by atoms with Gasteiger partial charge in [-0.2, -0.15) is 0 Å². The number of rotatable bonds is 6. The van der Waals surface area contributed by atoms with Crippen LogP contribution >= 0.6 is 11.6 Å². The zero-order valence-corrected chi connectivity index (χ0v) is 16.5. The molecule has 0 spiro atoms. The highest BCUT2D eigenvalue weighted by Gasteiger charge is 2.19. The average Bonchev–Trinajstić information content (AvgIpc) is 2.55. The van der Waals surface area contributed by atoms with Crippen LogP contribution in [0.15, 0.2) is 23.4 Å². The summed E-state index contributed by atoms with van der Waals surface area (Å²) >= 11 is 5.88. The van der Waals surface area contributed by atoms with Crippen LogP contribution in [-0.4, -0.2) is 30.7 Å². The van der Waals surface area contributed by atoms with Gasteiger partial charge in [0.2, 0.25) is 0 Å². The first-order chi connectivity index (χ1) is 12.6. The molecular weight excluding hydrogens is 379 g/mol. The largest absolute Gasteiger partial charge is 0.463 e. The fourth-order valence-electron chi connectivity index (χ4n) is 1.89. The van der Waals surface area contributed by atoms with Gasteiger partial charge in [0.15, 0.2) is 0 Å². The van der Waals surface area contributed by atoms with Gasteiger partial charge < -0.3 is 20.1 Å². The van der Waals surface area contributed by atoms with Gasteiger partial charge in [0.25, 0.3) is 0 Å². The van der Waals surface area contributed by atoms with Crippen molar-refractivity contribution < 1.29 is 28.2 Å². The van der Waals surface area contributed by atoms with Crippen molar-refractivity contribution in [3.63, 3.8) is 0 Å². The van der Waals surface area contributed by atoms with Gasteiger partial charge in [-0.25, -0.2) is 18.8 Å². The molecule has 0 unspecified atom stereocenters. The van der Waals surface area contributed by atoms with Crippen molar-refractivity contribution in [3.8, 4) is 0 Å². The Hall–Kier alpha value is -2.61. The van der Waals surface area contributed by atoms with Crippen LogP contribution in [0.25, 0.3) is 0 Å². The van der Waals surface area contributed by atoms with E-state index in [1.807, 2.05) is 0 Å². The van der Waals surface area contributed by atoms with E-state index in [1.165, 1.54) is 13.8 Å². The minimum atomic E-state index is -0.833. The van der Waals surface area contributed by atoms with Gasteiger partial charge in [-0.3, -0.25) is 0 Å². The van der Waals surface area contributed by atoms with Crippen LogP contribution in [0, 0.1) is 5.82 Å². The van der Waals surface area contributed by atoms with E-state index in [2.05, 4.69) is 10.6 Å². The summed E-state index contributed by atoms with van der Waals surface area (Å²) in [7, 11) is 0. The number of urea groups is 1. The summed E-state index contributed by atoms with van der Waals surface area (Å²) in [6.45, 7) is 8.14. The maximum Gasteiger partial charge on any atom is 0.339 e. The number of benzene rings is 1. The third-order valence-electron chi connectivity index (χ3n) is 3.31. The predicted octanol–water partition coefficient (Wildman–Crippen LogP) is 4.02. The molecule has 0 fully saturated rings. The highest BCUT2D eigenvalue weighted by atomic mass is 35.5. The van der Waals surface area contributed by atoms with Gasteiger partial charge in [-0.15, -0.1) is 0 Å².